The van der Waals surface area contributed by atoms with Gasteiger partial charge < -0.3 is 20.2 Å². The van der Waals surface area contributed by atoms with Gasteiger partial charge in [-0.2, -0.15) is 0 Å². The van der Waals surface area contributed by atoms with E-state index in [0.29, 0.717) is 5.56 Å². The number of aromatic hydroxyl groups is 2. The number of phenolic OH excluding ortho intramolecular Hbond substituents is 2. The molecule has 0 unspecified atom stereocenters. The first-order valence-corrected chi connectivity index (χ1v) is 5.44. The largest absolute Gasteiger partial charge is 0.507 e. The van der Waals surface area contributed by atoms with Crippen LogP contribution < -0.4 is 0 Å². The highest BCUT2D eigenvalue weighted by Crippen LogP contribution is 2.38. The molecule has 3 N–H and O–H groups in total. The van der Waals surface area contributed by atoms with E-state index < -0.39 is 11.5 Å². The van der Waals surface area contributed by atoms with E-state index >= 15 is 0 Å². The highest BCUT2D eigenvalue weighted by Gasteiger charge is 2.31. The Balaban J connectivity index is 2.57. The molecule has 18 heavy (non-hydrogen) atoms. The van der Waals surface area contributed by atoms with Crippen LogP contribution in [0.4, 0.5) is 0 Å². The van der Waals surface area contributed by atoms with Crippen LogP contribution in [0.3, 0.4) is 0 Å². The number of amides is 1. The summed E-state index contributed by atoms with van der Waals surface area (Å²) in [6.07, 6.45) is -0.191. The summed E-state index contributed by atoms with van der Waals surface area (Å²) in [6.45, 7) is -0.173. The van der Waals surface area contributed by atoms with Crippen molar-refractivity contribution in [2.24, 2.45) is 0 Å². The lowest BCUT2D eigenvalue weighted by atomic mass is 9.99. The lowest BCUT2D eigenvalue weighted by Gasteiger charge is -2.09. The highest BCUT2D eigenvalue weighted by molar-refractivity contribution is 6.06. The molecule has 1 heterocycles. The number of aliphatic hydroxyl groups excluding tert-OH is 1. The van der Waals surface area contributed by atoms with Gasteiger partial charge in [0, 0.05) is 19.0 Å². The van der Waals surface area contributed by atoms with Crippen LogP contribution in [0.15, 0.2) is 6.07 Å². The van der Waals surface area contributed by atoms with Gasteiger partial charge in [-0.05, 0) is 6.07 Å². The summed E-state index contributed by atoms with van der Waals surface area (Å²) >= 11 is 0. The molecule has 0 aliphatic carbocycles. The first kappa shape index (κ1) is 12.4. The number of phenols is 2. The Kier molecular flexibility index (Phi) is 2.96. The monoisotopic (exact) mass is 251 g/mol. The number of hydrogen-bond acceptors (Lipinski definition) is 5. The van der Waals surface area contributed by atoms with Crippen molar-refractivity contribution < 1.29 is 24.9 Å². The van der Waals surface area contributed by atoms with Gasteiger partial charge in [0.15, 0.2) is 5.78 Å². The van der Waals surface area contributed by atoms with E-state index in [1.165, 1.54) is 11.0 Å². The second-order valence-electron chi connectivity index (χ2n) is 4.20. The third-order valence-corrected chi connectivity index (χ3v) is 2.98. The average molecular weight is 251 g/mol. The number of carbonyl (C=O) groups excluding carboxylic acids is 2. The van der Waals surface area contributed by atoms with Gasteiger partial charge in [-0.25, -0.2) is 0 Å². The molecule has 0 atom stereocenters. The molecule has 6 nitrogen and oxygen atoms in total. The molecule has 2 rings (SSSR count). The maximum Gasteiger partial charge on any atom is 0.254 e. The standard InChI is InChI=1S/C12H13NO5/c1-13-5-7-6(12(13)18)4-9(16)10(11(7)17)8(15)2-3-14/h4,14,16-17H,2-3,5H2,1H3. The quantitative estimate of drug-likeness (QED) is 0.669. The molecule has 1 aliphatic heterocycles. The second-order valence-corrected chi connectivity index (χ2v) is 4.20. The fourth-order valence-corrected chi connectivity index (χ4v) is 2.06. The number of rotatable bonds is 3. The molecule has 6 heteroatoms. The predicted molar refractivity (Wildman–Crippen MR) is 61.6 cm³/mol. The first-order valence-electron chi connectivity index (χ1n) is 5.44. The van der Waals surface area contributed by atoms with Gasteiger partial charge in [0.05, 0.1) is 18.7 Å². The lowest BCUT2D eigenvalue weighted by Crippen LogP contribution is -2.17. The number of nitrogens with zero attached hydrogens (tertiary/aromatic N) is 1. The van der Waals surface area contributed by atoms with Crippen molar-refractivity contribution in [3.05, 3.63) is 22.8 Å². The van der Waals surface area contributed by atoms with Crippen LogP contribution in [0.2, 0.25) is 0 Å². The molecule has 1 amide bonds. The Hall–Kier alpha value is -2.08. The summed E-state index contributed by atoms with van der Waals surface area (Å²) < 4.78 is 0. The fourth-order valence-electron chi connectivity index (χ4n) is 2.06. The number of hydrogen-bond donors (Lipinski definition) is 3. The van der Waals surface area contributed by atoms with Crippen molar-refractivity contribution in [1.82, 2.24) is 4.90 Å². The summed E-state index contributed by atoms with van der Waals surface area (Å²) in [5, 5.41) is 28.4. The summed E-state index contributed by atoms with van der Waals surface area (Å²) in [7, 11) is 1.56. The smallest absolute Gasteiger partial charge is 0.254 e. The summed E-state index contributed by atoms with van der Waals surface area (Å²) in [5.74, 6) is -1.68. The number of ketones is 1. The van der Waals surface area contributed by atoms with Crippen molar-refractivity contribution in [3.8, 4) is 11.5 Å². The topological polar surface area (TPSA) is 98.1 Å². The normalized spacial score (nSPS) is 13.9. The number of aliphatic hydroxyl groups is 1. The minimum atomic E-state index is -0.558. The van der Waals surface area contributed by atoms with Crippen LogP contribution in [0.5, 0.6) is 11.5 Å². The van der Waals surface area contributed by atoms with Gasteiger partial charge in [-0.3, -0.25) is 9.59 Å². The Labute approximate surface area is 103 Å². The van der Waals surface area contributed by atoms with Crippen LogP contribution in [0.25, 0.3) is 0 Å². The molecule has 1 aliphatic rings. The molecular formula is C12H13NO5. The van der Waals surface area contributed by atoms with Gasteiger partial charge in [0.2, 0.25) is 0 Å². The van der Waals surface area contributed by atoms with Crippen LogP contribution in [0.1, 0.15) is 32.7 Å². The molecule has 96 valence electrons. The van der Waals surface area contributed by atoms with Crippen LogP contribution in [0, 0.1) is 0 Å². The summed E-state index contributed by atoms with van der Waals surface area (Å²) in [5.41, 5.74) is 0.306. The van der Waals surface area contributed by atoms with Crippen molar-refractivity contribution in [3.63, 3.8) is 0 Å². The maximum absolute atomic E-state index is 11.7. The summed E-state index contributed by atoms with van der Waals surface area (Å²) in [6, 6.07) is 1.19. The third kappa shape index (κ3) is 1.70. The van der Waals surface area contributed by atoms with E-state index in [1.54, 1.807) is 7.05 Å². The van der Waals surface area contributed by atoms with Crippen LogP contribution in [-0.2, 0) is 6.54 Å². The molecule has 0 bridgehead atoms. The van der Waals surface area contributed by atoms with Crippen molar-refractivity contribution in [1.29, 1.82) is 0 Å². The zero-order chi connectivity index (χ0) is 13.4. The number of fused-ring (bicyclic) bond motifs is 1. The SMILES string of the molecule is CN1Cc2c(cc(O)c(C(=O)CCO)c2O)C1=O. The van der Waals surface area contributed by atoms with E-state index in [9.17, 15) is 19.8 Å². The Bertz CT molecular complexity index is 538. The number of benzene rings is 1. The Morgan fingerprint density at radius 2 is 2.11 bits per heavy atom. The molecular weight excluding hydrogens is 238 g/mol. The van der Waals surface area contributed by atoms with Crippen molar-refractivity contribution in [2.75, 3.05) is 13.7 Å². The molecule has 0 radical (unpaired) electrons. The first-order chi connectivity index (χ1) is 8.47. The van der Waals surface area contributed by atoms with E-state index in [-0.39, 0.29) is 42.4 Å². The molecule has 0 saturated carbocycles. The van der Waals surface area contributed by atoms with Gasteiger partial charge >= 0.3 is 0 Å². The minimum absolute atomic E-state index is 0.191. The summed E-state index contributed by atoms with van der Waals surface area (Å²) in [4.78, 5) is 24.7. The molecule has 0 fully saturated rings. The molecule has 0 spiro atoms. The third-order valence-electron chi connectivity index (χ3n) is 2.98. The van der Waals surface area contributed by atoms with Gasteiger partial charge in [0.1, 0.15) is 17.1 Å². The lowest BCUT2D eigenvalue weighted by molar-refractivity contribution is 0.0815. The van der Waals surface area contributed by atoms with Crippen molar-refractivity contribution >= 4 is 11.7 Å². The molecule has 1 aromatic rings. The van der Waals surface area contributed by atoms with Crippen LogP contribution >= 0.6 is 0 Å². The molecule has 1 aromatic carbocycles. The van der Waals surface area contributed by atoms with Gasteiger partial charge in [-0.15, -0.1) is 0 Å². The maximum atomic E-state index is 11.7. The average Bonchev–Trinajstić information content (AvgIpc) is 2.57. The zero-order valence-corrected chi connectivity index (χ0v) is 9.80. The minimum Gasteiger partial charge on any atom is -0.507 e. The highest BCUT2D eigenvalue weighted by atomic mass is 16.3. The Morgan fingerprint density at radius 1 is 1.44 bits per heavy atom. The number of Topliss-reactive ketones (excluding diaryl/α,β-unsaturated/α-hetero) is 1. The van der Waals surface area contributed by atoms with Gasteiger partial charge in [-0.1, -0.05) is 0 Å². The Morgan fingerprint density at radius 3 is 2.72 bits per heavy atom. The van der Waals surface area contributed by atoms with E-state index in [1.807, 2.05) is 0 Å². The van der Waals surface area contributed by atoms with E-state index in [2.05, 4.69) is 0 Å². The van der Waals surface area contributed by atoms with E-state index in [4.69, 9.17) is 5.11 Å². The predicted octanol–water partition coefficient (Wildman–Crippen LogP) is 0.248. The zero-order valence-electron chi connectivity index (χ0n) is 9.80. The van der Waals surface area contributed by atoms with Crippen LogP contribution in [-0.4, -0.2) is 45.6 Å². The molecule has 0 saturated heterocycles. The number of carbonyl (C=O) groups is 2. The van der Waals surface area contributed by atoms with Crippen molar-refractivity contribution in [2.45, 2.75) is 13.0 Å². The van der Waals surface area contributed by atoms with E-state index in [0.717, 1.165) is 0 Å². The second kappa shape index (κ2) is 4.30. The molecule has 0 aromatic heterocycles. The van der Waals surface area contributed by atoms with Gasteiger partial charge in [0.25, 0.3) is 5.91 Å². The fraction of sp³-hybridized carbons (Fsp3) is 0.333.